The van der Waals surface area contributed by atoms with Gasteiger partial charge in [0.1, 0.15) is 5.75 Å². The summed E-state index contributed by atoms with van der Waals surface area (Å²) in [5, 5.41) is 20.1. The zero-order valence-electron chi connectivity index (χ0n) is 12.2. The van der Waals surface area contributed by atoms with Crippen molar-refractivity contribution in [1.82, 2.24) is 20.4 Å². The van der Waals surface area contributed by atoms with Gasteiger partial charge in [-0.2, -0.15) is 0 Å². The first-order valence-corrected chi connectivity index (χ1v) is 6.82. The molecule has 3 rings (SSSR count). The second-order valence-electron chi connectivity index (χ2n) is 5.26. The van der Waals surface area contributed by atoms with Gasteiger partial charge in [0.15, 0.2) is 0 Å². The molecule has 0 aliphatic heterocycles. The Balaban J connectivity index is 2.30. The fourth-order valence-corrected chi connectivity index (χ4v) is 2.75. The molecule has 2 heterocycles. The summed E-state index contributed by atoms with van der Waals surface area (Å²) in [5.74, 6) is -0.396. The number of benzene rings is 1. The summed E-state index contributed by atoms with van der Waals surface area (Å²) in [4.78, 5) is 24.4. The van der Waals surface area contributed by atoms with Gasteiger partial charge in [-0.05, 0) is 31.5 Å². The van der Waals surface area contributed by atoms with E-state index in [0.717, 1.165) is 5.56 Å². The van der Waals surface area contributed by atoms with E-state index in [-0.39, 0.29) is 16.9 Å². The molecule has 114 valence electrons. The predicted octanol–water partition coefficient (Wildman–Crippen LogP) is 1.22. The van der Waals surface area contributed by atoms with E-state index < -0.39 is 5.92 Å². The molecule has 3 aromatic rings. The minimum atomic E-state index is -0.523. The Morgan fingerprint density at radius 2 is 1.27 bits per heavy atom. The molecule has 0 spiro atoms. The van der Waals surface area contributed by atoms with E-state index in [1.54, 1.807) is 26.0 Å². The van der Waals surface area contributed by atoms with Crippen LogP contribution in [0.2, 0.25) is 0 Å². The van der Waals surface area contributed by atoms with E-state index in [1.807, 2.05) is 0 Å². The Hall–Kier alpha value is -2.96. The molecular weight excluding hydrogens is 284 g/mol. The number of hydrogen-bond acceptors (Lipinski definition) is 3. The van der Waals surface area contributed by atoms with Crippen LogP contribution in [0.3, 0.4) is 0 Å². The van der Waals surface area contributed by atoms with Crippen LogP contribution >= 0.6 is 0 Å². The van der Waals surface area contributed by atoms with Crippen molar-refractivity contribution in [1.29, 1.82) is 0 Å². The van der Waals surface area contributed by atoms with Gasteiger partial charge in [0.2, 0.25) is 0 Å². The van der Waals surface area contributed by atoms with Crippen molar-refractivity contribution in [2.75, 3.05) is 0 Å². The van der Waals surface area contributed by atoms with E-state index in [4.69, 9.17) is 0 Å². The van der Waals surface area contributed by atoms with Crippen LogP contribution in [0.4, 0.5) is 0 Å². The van der Waals surface area contributed by atoms with E-state index in [9.17, 15) is 14.7 Å². The Kier molecular flexibility index (Phi) is 3.25. The maximum atomic E-state index is 12.2. The second kappa shape index (κ2) is 5.10. The van der Waals surface area contributed by atoms with Gasteiger partial charge >= 0.3 is 0 Å². The molecular formula is C15H16N4O3. The Morgan fingerprint density at radius 1 is 0.818 bits per heavy atom. The molecule has 0 radical (unpaired) electrons. The number of aromatic nitrogens is 4. The molecule has 7 nitrogen and oxygen atoms in total. The van der Waals surface area contributed by atoms with Crippen molar-refractivity contribution in [3.63, 3.8) is 0 Å². The third-order valence-corrected chi connectivity index (χ3v) is 3.83. The minimum Gasteiger partial charge on any atom is -0.508 e. The number of H-pyrrole nitrogens is 4. The first kappa shape index (κ1) is 14.0. The third kappa shape index (κ3) is 2.16. The average Bonchev–Trinajstić information content (AvgIpc) is 2.99. The maximum absolute atomic E-state index is 12.2. The van der Waals surface area contributed by atoms with E-state index in [0.29, 0.717) is 22.5 Å². The highest BCUT2D eigenvalue weighted by molar-refractivity contribution is 5.45. The lowest BCUT2D eigenvalue weighted by Gasteiger charge is -2.15. The fraction of sp³-hybridized carbons (Fsp3) is 0.200. The highest BCUT2D eigenvalue weighted by Crippen LogP contribution is 2.31. The van der Waals surface area contributed by atoms with Crippen LogP contribution < -0.4 is 11.1 Å². The van der Waals surface area contributed by atoms with Gasteiger partial charge in [-0.3, -0.25) is 19.8 Å². The summed E-state index contributed by atoms with van der Waals surface area (Å²) in [5.41, 5.74) is 2.52. The molecule has 0 fully saturated rings. The fourth-order valence-electron chi connectivity index (χ4n) is 2.75. The molecule has 0 amide bonds. The van der Waals surface area contributed by atoms with Crippen molar-refractivity contribution in [2.24, 2.45) is 0 Å². The largest absolute Gasteiger partial charge is 0.508 e. The highest BCUT2D eigenvalue weighted by Gasteiger charge is 2.27. The van der Waals surface area contributed by atoms with Gasteiger partial charge < -0.3 is 15.3 Å². The average molecular weight is 300 g/mol. The standard InChI is InChI=1S/C15H16N4O3/c1-7-11(14(21)18-16-7)13(9-3-5-10(20)6-4-9)12-8(2)17-19-15(12)22/h3-6,13,20H,1-2H3,(H2,16,18,21)(H2,17,19,22). The van der Waals surface area contributed by atoms with Gasteiger partial charge in [0.25, 0.3) is 11.1 Å². The zero-order valence-corrected chi connectivity index (χ0v) is 12.2. The molecule has 0 saturated carbocycles. The molecule has 22 heavy (non-hydrogen) atoms. The monoisotopic (exact) mass is 300 g/mol. The first-order chi connectivity index (χ1) is 10.5. The van der Waals surface area contributed by atoms with Crippen LogP contribution in [0.5, 0.6) is 5.75 Å². The molecule has 0 saturated heterocycles. The van der Waals surface area contributed by atoms with Gasteiger partial charge in [0, 0.05) is 17.3 Å². The van der Waals surface area contributed by atoms with Crippen LogP contribution in [0.1, 0.15) is 34.0 Å². The smallest absolute Gasteiger partial charge is 0.268 e. The summed E-state index contributed by atoms with van der Waals surface area (Å²) in [7, 11) is 0. The normalized spacial score (nSPS) is 11.2. The SMILES string of the molecule is Cc1[nH][nH]c(=O)c1C(c1ccc(O)cc1)c1c(C)[nH][nH]c1=O. The van der Waals surface area contributed by atoms with Crippen molar-refractivity contribution in [3.05, 3.63) is 73.1 Å². The zero-order chi connectivity index (χ0) is 15.9. The number of phenolic OH excluding ortho intramolecular Hbond substituents is 1. The lowest BCUT2D eigenvalue weighted by Crippen LogP contribution is -2.20. The topological polar surface area (TPSA) is 118 Å². The van der Waals surface area contributed by atoms with Crippen LogP contribution in [-0.2, 0) is 0 Å². The van der Waals surface area contributed by atoms with Gasteiger partial charge in [-0.1, -0.05) is 12.1 Å². The lowest BCUT2D eigenvalue weighted by atomic mass is 9.85. The first-order valence-electron chi connectivity index (χ1n) is 6.82. The van der Waals surface area contributed by atoms with Crippen LogP contribution in [0, 0.1) is 13.8 Å². The Morgan fingerprint density at radius 3 is 1.64 bits per heavy atom. The number of nitrogens with one attached hydrogen (secondary N) is 4. The summed E-state index contributed by atoms with van der Waals surface area (Å²) in [6, 6.07) is 6.49. The van der Waals surface area contributed by atoms with E-state index in [1.165, 1.54) is 12.1 Å². The molecule has 1 aromatic carbocycles. The molecule has 0 aliphatic rings. The molecule has 0 aliphatic carbocycles. The summed E-state index contributed by atoms with van der Waals surface area (Å²) >= 11 is 0. The molecule has 7 heteroatoms. The number of aromatic amines is 4. The van der Waals surface area contributed by atoms with Gasteiger partial charge in [-0.25, -0.2) is 0 Å². The predicted molar refractivity (Wildman–Crippen MR) is 81.4 cm³/mol. The van der Waals surface area contributed by atoms with E-state index in [2.05, 4.69) is 20.4 Å². The van der Waals surface area contributed by atoms with Crippen LogP contribution in [-0.4, -0.2) is 25.5 Å². The Labute approximate surface area is 125 Å². The quantitative estimate of drug-likeness (QED) is 0.500. The van der Waals surface area contributed by atoms with E-state index >= 15 is 0 Å². The minimum absolute atomic E-state index is 0.127. The lowest BCUT2D eigenvalue weighted by molar-refractivity contribution is 0.475. The van der Waals surface area contributed by atoms with Crippen molar-refractivity contribution >= 4 is 0 Å². The Bertz CT molecular complexity index is 857. The van der Waals surface area contributed by atoms with Crippen LogP contribution in [0.25, 0.3) is 0 Å². The molecule has 2 aromatic heterocycles. The molecule has 0 atom stereocenters. The van der Waals surface area contributed by atoms with Gasteiger partial charge in [0.05, 0.1) is 11.1 Å². The number of aryl methyl sites for hydroxylation is 2. The molecule has 0 bridgehead atoms. The molecule has 0 unspecified atom stereocenters. The summed E-state index contributed by atoms with van der Waals surface area (Å²) in [6.07, 6.45) is 0. The van der Waals surface area contributed by atoms with Gasteiger partial charge in [-0.15, -0.1) is 0 Å². The summed E-state index contributed by atoms with van der Waals surface area (Å²) < 4.78 is 0. The third-order valence-electron chi connectivity index (χ3n) is 3.83. The van der Waals surface area contributed by atoms with Crippen molar-refractivity contribution < 1.29 is 5.11 Å². The molecule has 5 N–H and O–H groups in total. The van der Waals surface area contributed by atoms with Crippen molar-refractivity contribution in [3.8, 4) is 5.75 Å². The highest BCUT2D eigenvalue weighted by atomic mass is 16.3. The number of phenols is 1. The maximum Gasteiger partial charge on any atom is 0.268 e. The number of rotatable bonds is 3. The van der Waals surface area contributed by atoms with Crippen molar-refractivity contribution in [2.45, 2.75) is 19.8 Å². The number of aromatic hydroxyl groups is 1. The van der Waals surface area contributed by atoms with Crippen LogP contribution in [0.15, 0.2) is 33.9 Å². The number of hydrogen-bond donors (Lipinski definition) is 5. The second-order valence-corrected chi connectivity index (χ2v) is 5.26. The summed E-state index contributed by atoms with van der Waals surface area (Å²) in [6.45, 7) is 3.55.